The standard InChI is InChI=1S/C16H25NO3S/c1-13-7-9-14(10-8-13)21-11-5-6-15(18)17-12-16(2,19-3)20-4/h7-10H,5-6,11-12H2,1-4H3,(H,17,18). The normalized spacial score (nSPS) is 11.4. The number of ether oxygens (including phenoxy) is 2. The second kappa shape index (κ2) is 9.07. The molecule has 0 atom stereocenters. The highest BCUT2D eigenvalue weighted by molar-refractivity contribution is 7.99. The van der Waals surface area contributed by atoms with E-state index in [-0.39, 0.29) is 5.91 Å². The fourth-order valence-corrected chi connectivity index (χ4v) is 2.49. The van der Waals surface area contributed by atoms with Crippen molar-refractivity contribution in [2.45, 2.75) is 37.4 Å². The molecule has 0 radical (unpaired) electrons. The van der Waals surface area contributed by atoms with Crippen LogP contribution >= 0.6 is 11.8 Å². The van der Waals surface area contributed by atoms with Gasteiger partial charge in [0.2, 0.25) is 5.91 Å². The summed E-state index contributed by atoms with van der Waals surface area (Å²) in [7, 11) is 3.13. The third kappa shape index (κ3) is 6.98. The van der Waals surface area contributed by atoms with E-state index < -0.39 is 5.79 Å². The summed E-state index contributed by atoms with van der Waals surface area (Å²) in [5.74, 6) is 0.203. The zero-order valence-electron chi connectivity index (χ0n) is 13.3. The maximum absolute atomic E-state index is 11.7. The molecule has 5 heteroatoms. The van der Waals surface area contributed by atoms with Gasteiger partial charge >= 0.3 is 0 Å². The molecule has 1 amide bonds. The molecule has 1 aromatic rings. The van der Waals surface area contributed by atoms with Crippen LogP contribution in [0.5, 0.6) is 0 Å². The van der Waals surface area contributed by atoms with Gasteiger partial charge in [-0.1, -0.05) is 17.7 Å². The van der Waals surface area contributed by atoms with E-state index in [1.807, 2.05) is 0 Å². The lowest BCUT2D eigenvalue weighted by Gasteiger charge is -2.26. The third-order valence-corrected chi connectivity index (χ3v) is 4.41. The molecule has 1 N–H and O–H groups in total. The highest BCUT2D eigenvalue weighted by atomic mass is 32.2. The minimum atomic E-state index is -0.758. The fourth-order valence-electron chi connectivity index (χ4n) is 1.63. The van der Waals surface area contributed by atoms with E-state index in [0.29, 0.717) is 13.0 Å². The second-order valence-corrected chi connectivity index (χ2v) is 6.25. The zero-order valence-corrected chi connectivity index (χ0v) is 14.1. The predicted molar refractivity (Wildman–Crippen MR) is 86.6 cm³/mol. The van der Waals surface area contributed by atoms with Crippen LogP contribution in [0.3, 0.4) is 0 Å². The van der Waals surface area contributed by atoms with Gasteiger partial charge in [0.1, 0.15) is 0 Å². The van der Waals surface area contributed by atoms with Crippen LogP contribution in [0.15, 0.2) is 29.2 Å². The summed E-state index contributed by atoms with van der Waals surface area (Å²) in [4.78, 5) is 13.0. The summed E-state index contributed by atoms with van der Waals surface area (Å²) < 4.78 is 10.4. The Labute approximate surface area is 131 Å². The maximum atomic E-state index is 11.7. The number of carbonyl (C=O) groups is 1. The molecule has 0 fully saturated rings. The minimum absolute atomic E-state index is 0.0276. The van der Waals surface area contributed by atoms with Gasteiger partial charge in [-0.15, -0.1) is 11.8 Å². The third-order valence-electron chi connectivity index (χ3n) is 3.31. The van der Waals surface area contributed by atoms with E-state index in [0.717, 1.165) is 12.2 Å². The summed E-state index contributed by atoms with van der Waals surface area (Å²) in [5.41, 5.74) is 1.26. The molecular formula is C16H25NO3S. The van der Waals surface area contributed by atoms with Crippen LogP contribution in [-0.2, 0) is 14.3 Å². The molecule has 0 aliphatic rings. The molecule has 21 heavy (non-hydrogen) atoms. The number of nitrogens with one attached hydrogen (secondary N) is 1. The first-order chi connectivity index (χ1) is 9.99. The molecule has 1 rings (SSSR count). The van der Waals surface area contributed by atoms with Crippen molar-refractivity contribution in [3.05, 3.63) is 29.8 Å². The monoisotopic (exact) mass is 311 g/mol. The van der Waals surface area contributed by atoms with Gasteiger partial charge in [-0.2, -0.15) is 0 Å². The van der Waals surface area contributed by atoms with Gasteiger partial charge in [-0.3, -0.25) is 4.79 Å². The van der Waals surface area contributed by atoms with Crippen LogP contribution in [0.2, 0.25) is 0 Å². The molecule has 0 aliphatic carbocycles. The van der Waals surface area contributed by atoms with Crippen molar-refractivity contribution >= 4 is 17.7 Å². The fraction of sp³-hybridized carbons (Fsp3) is 0.562. The zero-order chi connectivity index (χ0) is 15.7. The number of hydrogen-bond donors (Lipinski definition) is 1. The molecule has 0 aliphatic heterocycles. The van der Waals surface area contributed by atoms with Gasteiger partial charge in [0.25, 0.3) is 0 Å². The van der Waals surface area contributed by atoms with Crippen molar-refractivity contribution in [3.8, 4) is 0 Å². The number of thioether (sulfide) groups is 1. The predicted octanol–water partition coefficient (Wildman–Crippen LogP) is 2.99. The van der Waals surface area contributed by atoms with Crippen LogP contribution in [0.25, 0.3) is 0 Å². The smallest absolute Gasteiger partial charge is 0.220 e. The number of methoxy groups -OCH3 is 2. The summed E-state index contributed by atoms with van der Waals surface area (Å²) >= 11 is 1.77. The van der Waals surface area contributed by atoms with Crippen LogP contribution in [-0.4, -0.2) is 38.2 Å². The van der Waals surface area contributed by atoms with E-state index in [1.54, 1.807) is 32.9 Å². The Morgan fingerprint density at radius 3 is 2.43 bits per heavy atom. The molecule has 0 heterocycles. The van der Waals surface area contributed by atoms with Gasteiger partial charge < -0.3 is 14.8 Å². The molecule has 118 valence electrons. The van der Waals surface area contributed by atoms with Gasteiger partial charge in [-0.05, 0) is 38.2 Å². The quantitative estimate of drug-likeness (QED) is 0.433. The Balaban J connectivity index is 2.17. The summed E-state index contributed by atoms with van der Waals surface area (Å²) in [6.07, 6.45) is 1.36. The Hall–Kier alpha value is -1.04. The average Bonchev–Trinajstić information content (AvgIpc) is 2.51. The van der Waals surface area contributed by atoms with E-state index >= 15 is 0 Å². The Morgan fingerprint density at radius 2 is 1.86 bits per heavy atom. The van der Waals surface area contributed by atoms with E-state index in [2.05, 4.69) is 36.5 Å². The molecular weight excluding hydrogens is 286 g/mol. The summed E-state index contributed by atoms with van der Waals surface area (Å²) in [6.45, 7) is 4.22. The molecule has 0 saturated heterocycles. The lowest BCUT2D eigenvalue weighted by atomic mass is 10.2. The van der Waals surface area contributed by atoms with Gasteiger partial charge in [-0.25, -0.2) is 0 Å². The van der Waals surface area contributed by atoms with Gasteiger partial charge in [0.15, 0.2) is 5.79 Å². The maximum Gasteiger partial charge on any atom is 0.220 e. The highest BCUT2D eigenvalue weighted by Gasteiger charge is 2.22. The van der Waals surface area contributed by atoms with Crippen molar-refractivity contribution < 1.29 is 14.3 Å². The number of hydrogen-bond acceptors (Lipinski definition) is 4. The minimum Gasteiger partial charge on any atom is -0.352 e. The molecule has 0 bridgehead atoms. The number of rotatable bonds is 9. The first-order valence-electron chi connectivity index (χ1n) is 7.05. The Kier molecular flexibility index (Phi) is 7.78. The lowest BCUT2D eigenvalue weighted by molar-refractivity contribution is -0.190. The summed E-state index contributed by atoms with van der Waals surface area (Å²) in [6, 6.07) is 8.43. The van der Waals surface area contributed by atoms with E-state index in [1.165, 1.54) is 10.5 Å². The van der Waals surface area contributed by atoms with Crippen molar-refractivity contribution in [2.24, 2.45) is 0 Å². The SMILES string of the molecule is COC(C)(CNC(=O)CCCSc1ccc(C)cc1)OC. The van der Waals surface area contributed by atoms with Gasteiger partial charge in [0, 0.05) is 25.5 Å². The molecule has 0 aromatic heterocycles. The number of carbonyl (C=O) groups excluding carboxylic acids is 1. The highest BCUT2D eigenvalue weighted by Crippen LogP contribution is 2.19. The van der Waals surface area contributed by atoms with E-state index in [9.17, 15) is 4.79 Å². The van der Waals surface area contributed by atoms with Crippen molar-refractivity contribution in [3.63, 3.8) is 0 Å². The molecule has 0 spiro atoms. The van der Waals surface area contributed by atoms with Crippen molar-refractivity contribution in [2.75, 3.05) is 26.5 Å². The van der Waals surface area contributed by atoms with Gasteiger partial charge in [0.05, 0.1) is 6.54 Å². The Morgan fingerprint density at radius 1 is 1.24 bits per heavy atom. The first-order valence-corrected chi connectivity index (χ1v) is 8.04. The molecule has 0 unspecified atom stereocenters. The topological polar surface area (TPSA) is 47.6 Å². The first kappa shape index (κ1) is 18.0. The van der Waals surface area contributed by atoms with Crippen LogP contribution < -0.4 is 5.32 Å². The second-order valence-electron chi connectivity index (χ2n) is 5.08. The number of aryl methyl sites for hydroxylation is 1. The Bertz CT molecular complexity index is 430. The molecule has 1 aromatic carbocycles. The molecule has 4 nitrogen and oxygen atoms in total. The largest absolute Gasteiger partial charge is 0.352 e. The van der Waals surface area contributed by atoms with Crippen LogP contribution in [0, 0.1) is 6.92 Å². The average molecular weight is 311 g/mol. The van der Waals surface area contributed by atoms with Crippen molar-refractivity contribution in [1.82, 2.24) is 5.32 Å². The van der Waals surface area contributed by atoms with Crippen LogP contribution in [0.1, 0.15) is 25.3 Å². The summed E-state index contributed by atoms with van der Waals surface area (Å²) in [5, 5.41) is 2.83. The lowest BCUT2D eigenvalue weighted by Crippen LogP contribution is -2.43. The van der Waals surface area contributed by atoms with E-state index in [4.69, 9.17) is 9.47 Å². The number of benzene rings is 1. The van der Waals surface area contributed by atoms with Crippen molar-refractivity contribution in [1.29, 1.82) is 0 Å². The van der Waals surface area contributed by atoms with Crippen LogP contribution in [0.4, 0.5) is 0 Å². The number of amides is 1. The molecule has 0 saturated carbocycles.